The van der Waals surface area contributed by atoms with Gasteiger partial charge in [0.1, 0.15) is 0 Å². The van der Waals surface area contributed by atoms with Gasteiger partial charge in [0.25, 0.3) is 0 Å². The lowest BCUT2D eigenvalue weighted by Crippen LogP contribution is -2.06. The molecular weight excluding hydrogens is 148 g/mol. The minimum atomic E-state index is 0.319. The molecule has 0 saturated carbocycles. The van der Waals surface area contributed by atoms with Gasteiger partial charge >= 0.3 is 0 Å². The van der Waals surface area contributed by atoms with Gasteiger partial charge in [-0.1, -0.05) is 25.5 Å². The number of hydrogen-bond acceptors (Lipinski definition) is 1. The summed E-state index contributed by atoms with van der Waals surface area (Å²) >= 11 is 0. The largest absolute Gasteiger partial charge is 0.396 e. The number of rotatable bonds is 5. The van der Waals surface area contributed by atoms with Crippen molar-refractivity contribution in [3.05, 3.63) is 11.6 Å². The Labute approximate surface area is 76.5 Å². The average Bonchev–Trinajstić information content (AvgIpc) is 2.00. The molecule has 0 aromatic rings. The van der Waals surface area contributed by atoms with Crippen LogP contribution in [0, 0.1) is 11.8 Å². The van der Waals surface area contributed by atoms with Crippen LogP contribution in [0.2, 0.25) is 0 Å². The molecule has 1 nitrogen and oxygen atoms in total. The molecule has 72 valence electrons. The molecule has 1 heteroatoms. The molecular formula is C11H22O. The van der Waals surface area contributed by atoms with Gasteiger partial charge in [-0.2, -0.15) is 0 Å². The molecule has 0 amide bonds. The van der Waals surface area contributed by atoms with E-state index in [4.69, 9.17) is 5.11 Å². The molecule has 0 aromatic carbocycles. The maximum Gasteiger partial charge on any atom is 0.0456 e. The summed E-state index contributed by atoms with van der Waals surface area (Å²) in [6.07, 6.45) is 4.54. The normalized spacial score (nSPS) is 15.4. The fourth-order valence-corrected chi connectivity index (χ4v) is 1.29. The zero-order chi connectivity index (χ0) is 9.56. The standard InChI is InChI=1S/C11H22O/c1-9(2)5-6-10(3)7-11(4)8-12/h5,10-12H,6-8H2,1-4H3/t10-,11-/m1/s1. The molecule has 2 atom stereocenters. The number of aliphatic hydroxyl groups excluding tert-OH is 1. The first-order valence-corrected chi connectivity index (χ1v) is 4.80. The smallest absolute Gasteiger partial charge is 0.0456 e. The molecule has 0 heterocycles. The molecule has 0 rings (SSSR count). The molecule has 0 aliphatic carbocycles. The first kappa shape index (κ1) is 11.7. The molecule has 0 fully saturated rings. The highest BCUT2D eigenvalue weighted by atomic mass is 16.3. The zero-order valence-corrected chi connectivity index (χ0v) is 8.80. The molecule has 0 bridgehead atoms. The highest BCUT2D eigenvalue weighted by Gasteiger charge is 2.05. The summed E-state index contributed by atoms with van der Waals surface area (Å²) in [5, 5.41) is 8.85. The quantitative estimate of drug-likeness (QED) is 0.629. The molecule has 0 radical (unpaired) electrons. The number of aliphatic hydroxyl groups is 1. The van der Waals surface area contributed by atoms with Gasteiger partial charge in [0.2, 0.25) is 0 Å². The van der Waals surface area contributed by atoms with Gasteiger partial charge in [0, 0.05) is 6.61 Å². The van der Waals surface area contributed by atoms with E-state index in [1.165, 1.54) is 5.57 Å². The van der Waals surface area contributed by atoms with Crippen molar-refractivity contribution in [3.63, 3.8) is 0 Å². The van der Waals surface area contributed by atoms with Crippen LogP contribution in [0.3, 0.4) is 0 Å². The first-order chi connectivity index (χ1) is 5.56. The molecule has 0 aliphatic heterocycles. The van der Waals surface area contributed by atoms with Crippen LogP contribution in [0.25, 0.3) is 0 Å². The Morgan fingerprint density at radius 2 is 1.83 bits per heavy atom. The average molecular weight is 170 g/mol. The Morgan fingerprint density at radius 1 is 1.25 bits per heavy atom. The van der Waals surface area contributed by atoms with Crippen molar-refractivity contribution in [2.24, 2.45) is 11.8 Å². The SMILES string of the molecule is CC(C)=CC[C@@H](C)C[C@@H](C)CO. The molecule has 0 aromatic heterocycles. The van der Waals surface area contributed by atoms with E-state index in [0.717, 1.165) is 12.8 Å². The van der Waals surface area contributed by atoms with E-state index in [1.807, 2.05) is 0 Å². The summed E-state index contributed by atoms with van der Waals surface area (Å²) in [7, 11) is 0. The molecule has 12 heavy (non-hydrogen) atoms. The summed E-state index contributed by atoms with van der Waals surface area (Å²) in [5.74, 6) is 1.15. The zero-order valence-electron chi connectivity index (χ0n) is 8.80. The Hall–Kier alpha value is -0.300. The van der Waals surface area contributed by atoms with Crippen LogP contribution in [0.15, 0.2) is 11.6 Å². The molecule has 0 saturated heterocycles. The van der Waals surface area contributed by atoms with E-state index in [9.17, 15) is 0 Å². The van der Waals surface area contributed by atoms with Crippen LogP contribution < -0.4 is 0 Å². The van der Waals surface area contributed by atoms with Crippen molar-refractivity contribution in [1.82, 2.24) is 0 Å². The van der Waals surface area contributed by atoms with E-state index in [2.05, 4.69) is 33.8 Å². The summed E-state index contributed by atoms with van der Waals surface area (Å²) < 4.78 is 0. The van der Waals surface area contributed by atoms with Gasteiger partial charge in [-0.3, -0.25) is 0 Å². The topological polar surface area (TPSA) is 20.2 Å². The van der Waals surface area contributed by atoms with Crippen LogP contribution in [-0.2, 0) is 0 Å². The van der Waals surface area contributed by atoms with Crippen molar-refractivity contribution < 1.29 is 5.11 Å². The minimum Gasteiger partial charge on any atom is -0.396 e. The third-order valence-corrected chi connectivity index (χ3v) is 2.04. The first-order valence-electron chi connectivity index (χ1n) is 4.80. The van der Waals surface area contributed by atoms with Gasteiger partial charge < -0.3 is 5.11 Å². The fourth-order valence-electron chi connectivity index (χ4n) is 1.29. The van der Waals surface area contributed by atoms with Crippen LogP contribution in [0.4, 0.5) is 0 Å². The maximum absolute atomic E-state index is 8.85. The van der Waals surface area contributed by atoms with E-state index in [1.54, 1.807) is 0 Å². The van der Waals surface area contributed by atoms with Gasteiger partial charge in [0.15, 0.2) is 0 Å². The second-order valence-electron chi connectivity index (χ2n) is 4.15. The minimum absolute atomic E-state index is 0.319. The summed E-state index contributed by atoms with van der Waals surface area (Å²) in [6, 6.07) is 0. The highest BCUT2D eigenvalue weighted by Crippen LogP contribution is 2.15. The van der Waals surface area contributed by atoms with E-state index in [0.29, 0.717) is 18.4 Å². The lowest BCUT2D eigenvalue weighted by molar-refractivity contribution is 0.215. The molecule has 0 spiro atoms. The Bertz CT molecular complexity index is 134. The van der Waals surface area contributed by atoms with Crippen LogP contribution in [0.5, 0.6) is 0 Å². The van der Waals surface area contributed by atoms with Crippen LogP contribution >= 0.6 is 0 Å². The second kappa shape index (κ2) is 6.24. The number of hydrogen-bond donors (Lipinski definition) is 1. The van der Waals surface area contributed by atoms with Gasteiger partial charge in [0.05, 0.1) is 0 Å². The van der Waals surface area contributed by atoms with Crippen molar-refractivity contribution in [1.29, 1.82) is 0 Å². The van der Waals surface area contributed by atoms with Crippen LogP contribution in [0.1, 0.15) is 40.5 Å². The highest BCUT2D eigenvalue weighted by molar-refractivity contribution is 4.93. The lowest BCUT2D eigenvalue weighted by Gasteiger charge is -2.13. The van der Waals surface area contributed by atoms with Crippen molar-refractivity contribution in [3.8, 4) is 0 Å². The van der Waals surface area contributed by atoms with Gasteiger partial charge in [-0.15, -0.1) is 0 Å². The maximum atomic E-state index is 8.85. The number of allylic oxidation sites excluding steroid dienone is 2. The van der Waals surface area contributed by atoms with Gasteiger partial charge in [-0.05, 0) is 38.5 Å². The van der Waals surface area contributed by atoms with Crippen molar-refractivity contribution in [2.75, 3.05) is 6.61 Å². The monoisotopic (exact) mass is 170 g/mol. The summed E-state index contributed by atoms with van der Waals surface area (Å²) in [4.78, 5) is 0. The predicted octanol–water partition coefficient (Wildman–Crippen LogP) is 3.00. The molecule has 0 aliphatic rings. The van der Waals surface area contributed by atoms with Gasteiger partial charge in [-0.25, -0.2) is 0 Å². The molecule has 0 unspecified atom stereocenters. The predicted molar refractivity (Wildman–Crippen MR) is 54.1 cm³/mol. The Kier molecular flexibility index (Phi) is 6.09. The molecule has 1 N–H and O–H groups in total. The second-order valence-corrected chi connectivity index (χ2v) is 4.15. The third kappa shape index (κ3) is 6.41. The Balaban J connectivity index is 3.59. The van der Waals surface area contributed by atoms with Crippen LogP contribution in [-0.4, -0.2) is 11.7 Å². The van der Waals surface area contributed by atoms with E-state index >= 15 is 0 Å². The Morgan fingerprint density at radius 3 is 2.25 bits per heavy atom. The van der Waals surface area contributed by atoms with E-state index < -0.39 is 0 Å². The summed E-state index contributed by atoms with van der Waals surface area (Å²) in [5.41, 5.74) is 1.39. The summed E-state index contributed by atoms with van der Waals surface area (Å²) in [6.45, 7) is 8.91. The fraction of sp³-hybridized carbons (Fsp3) is 0.818. The lowest BCUT2D eigenvalue weighted by atomic mass is 9.95. The van der Waals surface area contributed by atoms with E-state index in [-0.39, 0.29) is 0 Å². The third-order valence-electron chi connectivity index (χ3n) is 2.04. The van der Waals surface area contributed by atoms with Crippen molar-refractivity contribution in [2.45, 2.75) is 40.5 Å². The van der Waals surface area contributed by atoms with Crippen molar-refractivity contribution >= 4 is 0 Å².